The third-order valence-corrected chi connectivity index (χ3v) is 2.51. The zero-order valence-corrected chi connectivity index (χ0v) is 11.8. The summed E-state index contributed by atoms with van der Waals surface area (Å²) in [5, 5.41) is 16.5. The van der Waals surface area contributed by atoms with Gasteiger partial charge in [0.15, 0.2) is 0 Å². The number of carbonyl (C=O) groups excluding carboxylic acids is 1. The molecule has 19 heavy (non-hydrogen) atoms. The molecule has 1 rings (SSSR count). The third-order valence-electron chi connectivity index (χ3n) is 2.51. The molecule has 6 nitrogen and oxygen atoms in total. The Morgan fingerprint density at radius 3 is 2.63 bits per heavy atom. The highest BCUT2D eigenvalue weighted by Gasteiger charge is 2.14. The summed E-state index contributed by atoms with van der Waals surface area (Å²) in [5.74, 6) is -0.295. The van der Waals surface area contributed by atoms with E-state index in [1.54, 1.807) is 19.1 Å². The lowest BCUT2D eigenvalue weighted by molar-refractivity contribution is -0.385. The van der Waals surface area contributed by atoms with Gasteiger partial charge in [-0.1, -0.05) is 13.0 Å². The first-order valence-corrected chi connectivity index (χ1v) is 5.80. The van der Waals surface area contributed by atoms with Crippen molar-refractivity contribution in [1.82, 2.24) is 10.6 Å². The number of hydrogen-bond acceptors (Lipinski definition) is 4. The number of rotatable bonds is 6. The number of amides is 1. The molecule has 1 aromatic rings. The van der Waals surface area contributed by atoms with E-state index in [1.807, 2.05) is 6.92 Å². The van der Waals surface area contributed by atoms with E-state index in [2.05, 4.69) is 10.6 Å². The van der Waals surface area contributed by atoms with Gasteiger partial charge in [-0.05, 0) is 19.5 Å². The van der Waals surface area contributed by atoms with Crippen molar-refractivity contribution in [2.24, 2.45) is 0 Å². The molecule has 0 unspecified atom stereocenters. The maximum Gasteiger partial charge on any atom is 0.273 e. The predicted molar refractivity (Wildman–Crippen MR) is 76.0 cm³/mol. The van der Waals surface area contributed by atoms with Gasteiger partial charge in [0.1, 0.15) is 0 Å². The fourth-order valence-electron chi connectivity index (χ4n) is 1.49. The van der Waals surface area contributed by atoms with Crippen LogP contribution in [0.5, 0.6) is 0 Å². The Hall–Kier alpha value is -1.66. The number of benzene rings is 1. The average Bonchev–Trinajstić information content (AvgIpc) is 2.34. The summed E-state index contributed by atoms with van der Waals surface area (Å²) >= 11 is 0. The van der Waals surface area contributed by atoms with Gasteiger partial charge in [0.2, 0.25) is 0 Å². The van der Waals surface area contributed by atoms with Crippen LogP contribution in [0.15, 0.2) is 18.2 Å². The Labute approximate surface area is 118 Å². The maximum absolute atomic E-state index is 11.7. The van der Waals surface area contributed by atoms with E-state index in [1.165, 1.54) is 6.07 Å². The van der Waals surface area contributed by atoms with Crippen molar-refractivity contribution >= 4 is 24.0 Å². The van der Waals surface area contributed by atoms with Gasteiger partial charge >= 0.3 is 0 Å². The number of aryl methyl sites for hydroxylation is 1. The highest BCUT2D eigenvalue weighted by Crippen LogP contribution is 2.18. The highest BCUT2D eigenvalue weighted by atomic mass is 35.5. The van der Waals surface area contributed by atoms with Crippen molar-refractivity contribution in [3.05, 3.63) is 39.4 Å². The molecule has 0 aromatic heterocycles. The number of nitrogens with zero attached hydrogens (tertiary/aromatic N) is 1. The van der Waals surface area contributed by atoms with Crippen molar-refractivity contribution in [3.8, 4) is 0 Å². The Bertz CT molecular complexity index is 452. The van der Waals surface area contributed by atoms with E-state index >= 15 is 0 Å². The van der Waals surface area contributed by atoms with E-state index in [4.69, 9.17) is 0 Å². The molecule has 2 N–H and O–H groups in total. The number of halogens is 1. The number of hydrogen-bond donors (Lipinski definition) is 2. The largest absolute Gasteiger partial charge is 0.351 e. The second-order valence-electron chi connectivity index (χ2n) is 3.87. The minimum atomic E-state index is -0.481. The standard InChI is InChI=1S/C12H17N3O3.ClH/c1-3-13-6-7-14-12(16)10-5-4-9(2)11(8-10)15(17)18;/h4-5,8,13H,3,6-7H2,1-2H3,(H,14,16);1H. The zero-order chi connectivity index (χ0) is 13.5. The first-order valence-electron chi connectivity index (χ1n) is 5.80. The summed E-state index contributed by atoms with van der Waals surface area (Å²) in [6.07, 6.45) is 0. The summed E-state index contributed by atoms with van der Waals surface area (Å²) in [7, 11) is 0. The molecular formula is C12H18ClN3O3. The van der Waals surface area contributed by atoms with Crippen LogP contribution in [-0.4, -0.2) is 30.5 Å². The summed E-state index contributed by atoms with van der Waals surface area (Å²) in [4.78, 5) is 22.0. The molecule has 0 spiro atoms. The monoisotopic (exact) mass is 287 g/mol. The molecule has 0 atom stereocenters. The summed E-state index contributed by atoms with van der Waals surface area (Å²) in [6.45, 7) is 5.63. The summed E-state index contributed by atoms with van der Waals surface area (Å²) in [5.41, 5.74) is 0.822. The first kappa shape index (κ1) is 17.3. The SMILES string of the molecule is CCNCCNC(=O)c1ccc(C)c([N+](=O)[O-])c1.Cl. The number of carbonyl (C=O) groups is 1. The van der Waals surface area contributed by atoms with Crippen molar-refractivity contribution in [2.75, 3.05) is 19.6 Å². The van der Waals surface area contributed by atoms with Crippen LogP contribution in [0.1, 0.15) is 22.8 Å². The van der Waals surface area contributed by atoms with Gasteiger partial charge in [-0.2, -0.15) is 0 Å². The number of likely N-dealkylation sites (N-methyl/N-ethyl adjacent to an activating group) is 1. The smallest absolute Gasteiger partial charge is 0.273 e. The molecule has 1 aromatic carbocycles. The lowest BCUT2D eigenvalue weighted by atomic mass is 10.1. The van der Waals surface area contributed by atoms with Gasteiger partial charge in [0.05, 0.1) is 4.92 Å². The van der Waals surface area contributed by atoms with Crippen molar-refractivity contribution in [3.63, 3.8) is 0 Å². The Morgan fingerprint density at radius 2 is 2.05 bits per heavy atom. The molecular weight excluding hydrogens is 270 g/mol. The van der Waals surface area contributed by atoms with E-state index in [-0.39, 0.29) is 24.0 Å². The lowest BCUT2D eigenvalue weighted by Crippen LogP contribution is -2.31. The molecule has 0 radical (unpaired) electrons. The summed E-state index contributed by atoms with van der Waals surface area (Å²) < 4.78 is 0. The third kappa shape index (κ3) is 5.23. The lowest BCUT2D eigenvalue weighted by Gasteiger charge is -2.06. The minimum absolute atomic E-state index is 0. The van der Waals surface area contributed by atoms with Crippen molar-refractivity contribution < 1.29 is 9.72 Å². The van der Waals surface area contributed by atoms with Gasteiger partial charge < -0.3 is 10.6 Å². The van der Waals surface area contributed by atoms with E-state index < -0.39 is 4.92 Å². The molecule has 0 saturated heterocycles. The second kappa shape index (κ2) is 8.44. The topological polar surface area (TPSA) is 84.3 Å². The van der Waals surface area contributed by atoms with Crippen LogP contribution in [0, 0.1) is 17.0 Å². The van der Waals surface area contributed by atoms with Gasteiger partial charge in [-0.3, -0.25) is 14.9 Å². The van der Waals surface area contributed by atoms with Gasteiger partial charge in [0, 0.05) is 30.3 Å². The normalized spacial score (nSPS) is 9.58. The van der Waals surface area contributed by atoms with Gasteiger partial charge in [-0.25, -0.2) is 0 Å². The molecule has 106 valence electrons. The van der Waals surface area contributed by atoms with E-state index in [0.29, 0.717) is 24.2 Å². The second-order valence-corrected chi connectivity index (χ2v) is 3.87. The minimum Gasteiger partial charge on any atom is -0.351 e. The Kier molecular flexibility index (Phi) is 7.71. The fourth-order valence-corrected chi connectivity index (χ4v) is 1.49. The Balaban J connectivity index is 0.00000324. The molecule has 0 saturated carbocycles. The fraction of sp³-hybridized carbons (Fsp3) is 0.417. The van der Waals surface area contributed by atoms with Crippen LogP contribution in [0.4, 0.5) is 5.69 Å². The maximum atomic E-state index is 11.7. The molecule has 0 bridgehead atoms. The highest BCUT2D eigenvalue weighted by molar-refractivity contribution is 5.94. The van der Waals surface area contributed by atoms with Crippen LogP contribution in [0.3, 0.4) is 0 Å². The first-order chi connectivity index (χ1) is 8.56. The van der Waals surface area contributed by atoms with E-state index in [9.17, 15) is 14.9 Å². The van der Waals surface area contributed by atoms with Gasteiger partial charge in [0.25, 0.3) is 11.6 Å². The van der Waals surface area contributed by atoms with Crippen LogP contribution in [0.2, 0.25) is 0 Å². The molecule has 0 aliphatic heterocycles. The van der Waals surface area contributed by atoms with Crippen LogP contribution in [0.25, 0.3) is 0 Å². The summed E-state index contributed by atoms with van der Waals surface area (Å²) in [6, 6.07) is 4.47. The number of nitrogens with one attached hydrogen (secondary N) is 2. The zero-order valence-electron chi connectivity index (χ0n) is 10.9. The Morgan fingerprint density at radius 1 is 1.37 bits per heavy atom. The van der Waals surface area contributed by atoms with Crippen molar-refractivity contribution in [1.29, 1.82) is 0 Å². The van der Waals surface area contributed by atoms with Crippen LogP contribution >= 0.6 is 12.4 Å². The predicted octanol–water partition coefficient (Wildman–Crippen LogP) is 1.66. The number of nitro groups is 1. The van der Waals surface area contributed by atoms with Crippen LogP contribution in [-0.2, 0) is 0 Å². The average molecular weight is 288 g/mol. The molecule has 0 fully saturated rings. The molecule has 1 amide bonds. The van der Waals surface area contributed by atoms with Crippen molar-refractivity contribution in [2.45, 2.75) is 13.8 Å². The van der Waals surface area contributed by atoms with Crippen LogP contribution < -0.4 is 10.6 Å². The quantitative estimate of drug-likeness (QED) is 0.473. The number of nitro benzene ring substituents is 1. The molecule has 0 aliphatic rings. The molecule has 0 heterocycles. The molecule has 7 heteroatoms. The van der Waals surface area contributed by atoms with E-state index in [0.717, 1.165) is 6.54 Å². The molecule has 0 aliphatic carbocycles. The van der Waals surface area contributed by atoms with Gasteiger partial charge in [-0.15, -0.1) is 12.4 Å².